The number of carbonyl (C=O) groups excluding carboxylic acids is 1. The lowest BCUT2D eigenvalue weighted by molar-refractivity contribution is 0.0986. The molecule has 1 aromatic carbocycles. The van der Waals surface area contributed by atoms with Crippen LogP contribution in [0.15, 0.2) is 24.3 Å². The number of alkyl halides is 2. The Balaban J connectivity index is 0.000000583. The second-order valence-corrected chi connectivity index (χ2v) is 2.37. The Labute approximate surface area is 85.6 Å². The largest absolute Gasteiger partial charge is 0.482 e. The first-order chi connectivity index (χ1) is 7.04. The summed E-state index contributed by atoms with van der Waals surface area (Å²) in [4.78, 5) is 10.6. The van der Waals surface area contributed by atoms with Gasteiger partial charge in [0.05, 0.1) is 0 Å². The molecule has 81 valence electrons. The van der Waals surface area contributed by atoms with Crippen molar-refractivity contribution < 1.29 is 23.6 Å². The average molecular weight is 216 g/mol. The van der Waals surface area contributed by atoms with Gasteiger partial charge >= 0.3 is 7.69 Å². The molecule has 0 aliphatic heterocycles. The molecule has 0 heterocycles. The van der Waals surface area contributed by atoms with Gasteiger partial charge in [0.25, 0.3) is 6.43 Å². The minimum absolute atomic E-state index is 0. The number of benzene rings is 1. The van der Waals surface area contributed by atoms with Gasteiger partial charge in [-0.15, -0.1) is 0 Å². The summed E-state index contributed by atoms with van der Waals surface area (Å²) in [5.74, 6) is -0.828. The molecule has 1 aromatic rings. The van der Waals surface area contributed by atoms with E-state index in [0.29, 0.717) is 0 Å². The van der Waals surface area contributed by atoms with Crippen LogP contribution in [0.4, 0.5) is 8.78 Å². The van der Waals surface area contributed by atoms with Gasteiger partial charge in [0.1, 0.15) is 0 Å². The lowest BCUT2D eigenvalue weighted by Crippen LogP contribution is -2.13. The first-order valence-electron chi connectivity index (χ1n) is 3.81. The number of primary amides is 1. The molecule has 0 spiro atoms. The molecule has 15 heavy (non-hydrogen) atoms. The molecule has 0 unspecified atom stereocenters. The Hall–Kier alpha value is -1.47. The van der Waals surface area contributed by atoms with E-state index in [1.54, 1.807) is 0 Å². The fourth-order valence-electron chi connectivity index (χ4n) is 0.912. The van der Waals surface area contributed by atoms with Crippen LogP contribution in [0, 0.1) is 0 Å². The van der Waals surface area contributed by atoms with Crippen LogP contribution in [0.1, 0.15) is 22.3 Å². The standard InChI is InChI=1S/C8H7F2NO.BH2O2/c9-7(10)5-3-1-2-4-6(5)8(11)12;2-1-3/h1-4,7H,(H2,11,12);2-3H. The zero-order valence-corrected chi connectivity index (χ0v) is 7.60. The number of amides is 1. The molecule has 0 bridgehead atoms. The van der Waals surface area contributed by atoms with Crippen molar-refractivity contribution in [1.82, 2.24) is 0 Å². The van der Waals surface area contributed by atoms with Crippen LogP contribution in [-0.2, 0) is 0 Å². The highest BCUT2D eigenvalue weighted by molar-refractivity contribution is 6.13. The predicted molar refractivity (Wildman–Crippen MR) is 50.1 cm³/mol. The number of rotatable bonds is 2. The second-order valence-electron chi connectivity index (χ2n) is 2.37. The van der Waals surface area contributed by atoms with Crippen molar-refractivity contribution in [2.24, 2.45) is 5.73 Å². The van der Waals surface area contributed by atoms with Gasteiger partial charge in [-0.2, -0.15) is 0 Å². The maximum Gasteiger partial charge on any atom is 0.482 e. The molecular formula is C8H9BF2NO3. The van der Waals surface area contributed by atoms with Crippen LogP contribution >= 0.6 is 0 Å². The van der Waals surface area contributed by atoms with E-state index in [1.165, 1.54) is 24.3 Å². The fraction of sp³-hybridized carbons (Fsp3) is 0.125. The maximum atomic E-state index is 12.2. The van der Waals surface area contributed by atoms with Crippen LogP contribution in [0.3, 0.4) is 0 Å². The van der Waals surface area contributed by atoms with Gasteiger partial charge in [-0.3, -0.25) is 4.79 Å². The predicted octanol–water partition coefficient (Wildman–Crippen LogP) is 0.228. The third-order valence-corrected chi connectivity index (χ3v) is 1.46. The van der Waals surface area contributed by atoms with E-state index in [2.05, 4.69) is 0 Å². The summed E-state index contributed by atoms with van der Waals surface area (Å²) in [6, 6.07) is 5.40. The third kappa shape index (κ3) is 4.52. The molecule has 0 fully saturated rings. The quantitative estimate of drug-likeness (QED) is 0.618. The van der Waals surface area contributed by atoms with Crippen molar-refractivity contribution in [1.29, 1.82) is 0 Å². The Morgan fingerprint density at radius 3 is 2.13 bits per heavy atom. The number of carbonyl (C=O) groups is 1. The van der Waals surface area contributed by atoms with Gasteiger partial charge in [-0.1, -0.05) is 18.2 Å². The first-order valence-corrected chi connectivity index (χ1v) is 3.81. The average Bonchev–Trinajstić information content (AvgIpc) is 2.19. The van der Waals surface area contributed by atoms with Gasteiger partial charge in [0.2, 0.25) is 5.91 Å². The monoisotopic (exact) mass is 216 g/mol. The molecule has 1 radical (unpaired) electrons. The molecule has 0 aromatic heterocycles. The van der Waals surface area contributed by atoms with Gasteiger partial charge in [-0.25, -0.2) is 8.78 Å². The van der Waals surface area contributed by atoms with Crippen molar-refractivity contribution in [3.8, 4) is 0 Å². The molecule has 7 heteroatoms. The Morgan fingerprint density at radius 1 is 1.33 bits per heavy atom. The summed E-state index contributed by atoms with van der Waals surface area (Å²) < 4.78 is 24.4. The Bertz CT molecular complexity index is 323. The van der Waals surface area contributed by atoms with Crippen molar-refractivity contribution in [3.05, 3.63) is 35.4 Å². The molecule has 1 rings (SSSR count). The number of hydrogen-bond donors (Lipinski definition) is 3. The Morgan fingerprint density at radius 2 is 1.80 bits per heavy atom. The van der Waals surface area contributed by atoms with Crippen LogP contribution in [0.25, 0.3) is 0 Å². The van der Waals surface area contributed by atoms with Crippen molar-refractivity contribution in [2.45, 2.75) is 6.43 Å². The van der Waals surface area contributed by atoms with Crippen molar-refractivity contribution in [2.75, 3.05) is 0 Å². The fourth-order valence-corrected chi connectivity index (χ4v) is 0.912. The minimum atomic E-state index is -2.66. The van der Waals surface area contributed by atoms with E-state index < -0.39 is 12.3 Å². The highest BCUT2D eigenvalue weighted by Crippen LogP contribution is 2.21. The molecule has 0 saturated heterocycles. The molecule has 4 nitrogen and oxygen atoms in total. The zero-order chi connectivity index (χ0) is 11.8. The van der Waals surface area contributed by atoms with Gasteiger partial charge in [-0.05, 0) is 6.07 Å². The third-order valence-electron chi connectivity index (χ3n) is 1.46. The SMILES string of the molecule is NC(=O)c1ccccc1C(F)F.O[B]O. The number of hydrogen-bond acceptors (Lipinski definition) is 3. The van der Waals surface area contributed by atoms with Gasteiger partial charge < -0.3 is 15.8 Å². The highest BCUT2D eigenvalue weighted by Gasteiger charge is 2.14. The molecule has 0 saturated carbocycles. The van der Waals surface area contributed by atoms with E-state index in [1.807, 2.05) is 0 Å². The first kappa shape index (κ1) is 13.5. The lowest BCUT2D eigenvalue weighted by atomic mass is 10.1. The van der Waals surface area contributed by atoms with E-state index in [4.69, 9.17) is 15.8 Å². The highest BCUT2D eigenvalue weighted by atomic mass is 19.3. The zero-order valence-electron chi connectivity index (χ0n) is 7.60. The summed E-state index contributed by atoms with van der Waals surface area (Å²) in [6.07, 6.45) is -2.66. The topological polar surface area (TPSA) is 83.6 Å². The summed E-state index contributed by atoms with van der Waals surface area (Å²) in [6.45, 7) is 0. The van der Waals surface area contributed by atoms with Crippen molar-refractivity contribution >= 4 is 13.6 Å². The van der Waals surface area contributed by atoms with E-state index in [0.717, 1.165) is 0 Å². The number of nitrogens with two attached hydrogens (primary N) is 1. The summed E-state index contributed by atoms with van der Waals surface area (Å²) in [5, 5.41) is 14.0. The molecule has 0 aliphatic carbocycles. The van der Waals surface area contributed by atoms with E-state index >= 15 is 0 Å². The van der Waals surface area contributed by atoms with E-state index in [-0.39, 0.29) is 18.8 Å². The summed E-state index contributed by atoms with van der Waals surface area (Å²) in [5.41, 5.74) is 4.45. The maximum absolute atomic E-state index is 12.2. The van der Waals surface area contributed by atoms with Gasteiger partial charge in [0.15, 0.2) is 0 Å². The van der Waals surface area contributed by atoms with Crippen LogP contribution < -0.4 is 5.73 Å². The Kier molecular flexibility index (Phi) is 6.24. The normalized spacial score (nSPS) is 9.13. The number of halogens is 2. The summed E-state index contributed by atoms with van der Waals surface area (Å²) in [7, 11) is 0. The van der Waals surface area contributed by atoms with Crippen molar-refractivity contribution in [3.63, 3.8) is 0 Å². The van der Waals surface area contributed by atoms with Gasteiger partial charge in [0, 0.05) is 11.1 Å². The molecule has 0 aliphatic rings. The molecule has 0 atom stereocenters. The molecular weight excluding hydrogens is 207 g/mol. The summed E-state index contributed by atoms with van der Waals surface area (Å²) >= 11 is 0. The van der Waals surface area contributed by atoms with Crippen LogP contribution in [-0.4, -0.2) is 23.6 Å². The second kappa shape index (κ2) is 6.91. The molecule has 4 N–H and O–H groups in total. The van der Waals surface area contributed by atoms with Crippen LogP contribution in [0.5, 0.6) is 0 Å². The lowest BCUT2D eigenvalue weighted by Gasteiger charge is -2.03. The van der Waals surface area contributed by atoms with Crippen LogP contribution in [0.2, 0.25) is 0 Å². The smallest absolute Gasteiger partial charge is 0.429 e. The minimum Gasteiger partial charge on any atom is -0.429 e. The molecule has 1 amide bonds. The van der Waals surface area contributed by atoms with E-state index in [9.17, 15) is 13.6 Å².